The first-order valence-electron chi connectivity index (χ1n) is 10.8. The van der Waals surface area contributed by atoms with Crippen molar-refractivity contribution in [3.63, 3.8) is 0 Å². The number of carbonyl (C=O) groups is 1. The molecular formula is C26H26N4O2S. The number of nitrogens with one attached hydrogen (secondary N) is 1. The molecule has 3 aromatic carbocycles. The monoisotopic (exact) mass is 458 g/mol. The zero-order valence-electron chi connectivity index (χ0n) is 18.9. The van der Waals surface area contributed by atoms with Gasteiger partial charge in [-0.05, 0) is 60.5 Å². The van der Waals surface area contributed by atoms with Crippen molar-refractivity contribution in [3.8, 4) is 5.69 Å². The highest BCUT2D eigenvalue weighted by atomic mass is 32.2. The second kappa shape index (κ2) is 9.92. The molecular weight excluding hydrogens is 432 g/mol. The van der Waals surface area contributed by atoms with Crippen molar-refractivity contribution in [2.75, 3.05) is 30.1 Å². The lowest BCUT2D eigenvalue weighted by Gasteiger charge is -2.14. The second-order valence-electron chi connectivity index (χ2n) is 7.85. The van der Waals surface area contributed by atoms with Crippen molar-refractivity contribution in [2.45, 2.75) is 18.5 Å². The fourth-order valence-corrected chi connectivity index (χ4v) is 4.30. The maximum Gasteiger partial charge on any atom is 0.266 e. The van der Waals surface area contributed by atoms with Gasteiger partial charge in [0.1, 0.15) is 0 Å². The van der Waals surface area contributed by atoms with Crippen LogP contribution in [0.2, 0.25) is 0 Å². The number of para-hydroxylation sites is 1. The fraction of sp³-hybridized carbons (Fsp3) is 0.192. The Morgan fingerprint density at radius 2 is 1.70 bits per heavy atom. The van der Waals surface area contributed by atoms with Crippen LogP contribution in [0.15, 0.2) is 82.7 Å². The molecule has 6 nitrogen and oxygen atoms in total. The van der Waals surface area contributed by atoms with Crippen molar-refractivity contribution in [1.82, 2.24) is 9.55 Å². The lowest BCUT2D eigenvalue weighted by Crippen LogP contribution is -2.23. The molecule has 4 rings (SSSR count). The van der Waals surface area contributed by atoms with Crippen molar-refractivity contribution >= 4 is 39.9 Å². The van der Waals surface area contributed by atoms with Gasteiger partial charge in [0.2, 0.25) is 5.91 Å². The topological polar surface area (TPSA) is 67.2 Å². The molecule has 0 atom stereocenters. The smallest absolute Gasteiger partial charge is 0.266 e. The van der Waals surface area contributed by atoms with Crippen LogP contribution >= 0.6 is 11.8 Å². The van der Waals surface area contributed by atoms with Crippen molar-refractivity contribution in [1.29, 1.82) is 0 Å². The first kappa shape index (κ1) is 22.6. The van der Waals surface area contributed by atoms with Crippen LogP contribution in [0, 0.1) is 0 Å². The first-order valence-corrected chi connectivity index (χ1v) is 11.8. The molecule has 0 aliphatic heterocycles. The Hall–Kier alpha value is -3.58. The van der Waals surface area contributed by atoms with E-state index in [2.05, 4.69) is 12.2 Å². The van der Waals surface area contributed by atoms with E-state index in [0.29, 0.717) is 16.1 Å². The fourth-order valence-electron chi connectivity index (χ4n) is 3.49. The molecule has 0 radical (unpaired) electrons. The lowest BCUT2D eigenvalue weighted by molar-refractivity contribution is -0.113. The van der Waals surface area contributed by atoms with Crippen LogP contribution in [0.4, 0.5) is 11.4 Å². The highest BCUT2D eigenvalue weighted by Crippen LogP contribution is 2.22. The molecule has 0 aliphatic rings. The minimum atomic E-state index is -0.159. The van der Waals surface area contributed by atoms with E-state index in [1.807, 2.05) is 85.7 Å². The minimum absolute atomic E-state index is 0.132. The van der Waals surface area contributed by atoms with Crippen LogP contribution in [0.3, 0.4) is 0 Å². The molecule has 0 bridgehead atoms. The number of hydrogen-bond acceptors (Lipinski definition) is 5. The minimum Gasteiger partial charge on any atom is -0.378 e. The number of aryl methyl sites for hydroxylation is 1. The first-order chi connectivity index (χ1) is 16.0. The molecule has 4 aromatic rings. The predicted octanol–water partition coefficient (Wildman–Crippen LogP) is 4.74. The van der Waals surface area contributed by atoms with Gasteiger partial charge in [-0.15, -0.1) is 0 Å². The van der Waals surface area contributed by atoms with Gasteiger partial charge in [0.05, 0.1) is 22.3 Å². The third kappa shape index (κ3) is 5.09. The van der Waals surface area contributed by atoms with Gasteiger partial charge in [-0.25, -0.2) is 4.98 Å². The molecule has 1 amide bonds. The van der Waals surface area contributed by atoms with Crippen LogP contribution in [-0.4, -0.2) is 35.3 Å². The number of hydrogen-bond donors (Lipinski definition) is 1. The third-order valence-corrected chi connectivity index (χ3v) is 6.29. The van der Waals surface area contributed by atoms with E-state index in [1.165, 1.54) is 17.3 Å². The van der Waals surface area contributed by atoms with Gasteiger partial charge in [-0.3, -0.25) is 14.2 Å². The van der Waals surface area contributed by atoms with Gasteiger partial charge >= 0.3 is 0 Å². The number of rotatable bonds is 7. The molecule has 7 heteroatoms. The largest absolute Gasteiger partial charge is 0.378 e. The number of carbonyl (C=O) groups excluding carboxylic acids is 1. The molecule has 0 fully saturated rings. The van der Waals surface area contributed by atoms with E-state index in [-0.39, 0.29) is 17.2 Å². The zero-order valence-corrected chi connectivity index (χ0v) is 19.7. The number of nitrogens with zero attached hydrogens (tertiary/aromatic N) is 3. The molecule has 1 heterocycles. The van der Waals surface area contributed by atoms with Crippen LogP contribution < -0.4 is 15.8 Å². The molecule has 168 valence electrons. The molecule has 0 saturated carbocycles. The SMILES string of the molecule is CCc1ccc(-n2c(SCC(=O)Nc3ccc(N(C)C)cc3)nc3ccccc3c2=O)cc1. The van der Waals surface area contributed by atoms with Crippen molar-refractivity contribution in [3.05, 3.63) is 88.7 Å². The van der Waals surface area contributed by atoms with Gasteiger partial charge < -0.3 is 10.2 Å². The van der Waals surface area contributed by atoms with Gasteiger partial charge in [-0.2, -0.15) is 0 Å². The summed E-state index contributed by atoms with van der Waals surface area (Å²) in [6, 6.07) is 22.8. The summed E-state index contributed by atoms with van der Waals surface area (Å²) in [6.07, 6.45) is 0.919. The highest BCUT2D eigenvalue weighted by Gasteiger charge is 2.15. The Morgan fingerprint density at radius 3 is 2.36 bits per heavy atom. The van der Waals surface area contributed by atoms with Crippen LogP contribution in [0.25, 0.3) is 16.6 Å². The molecule has 0 aliphatic carbocycles. The molecule has 0 saturated heterocycles. The molecule has 33 heavy (non-hydrogen) atoms. The Balaban J connectivity index is 1.60. The van der Waals surface area contributed by atoms with Crippen LogP contribution in [-0.2, 0) is 11.2 Å². The van der Waals surface area contributed by atoms with E-state index in [9.17, 15) is 9.59 Å². The number of anilines is 2. The molecule has 0 unspecified atom stereocenters. The van der Waals surface area contributed by atoms with E-state index in [1.54, 1.807) is 10.6 Å². The number of fused-ring (bicyclic) bond motifs is 1. The van der Waals surface area contributed by atoms with E-state index in [4.69, 9.17) is 4.98 Å². The van der Waals surface area contributed by atoms with Crippen LogP contribution in [0.1, 0.15) is 12.5 Å². The van der Waals surface area contributed by atoms with Crippen molar-refractivity contribution in [2.24, 2.45) is 0 Å². The summed E-state index contributed by atoms with van der Waals surface area (Å²) in [5, 5.41) is 3.95. The second-order valence-corrected chi connectivity index (χ2v) is 8.79. The Morgan fingerprint density at radius 1 is 1.00 bits per heavy atom. The highest BCUT2D eigenvalue weighted by molar-refractivity contribution is 7.99. The van der Waals surface area contributed by atoms with Gasteiger partial charge in [-0.1, -0.05) is 43.0 Å². The quantitative estimate of drug-likeness (QED) is 0.320. The summed E-state index contributed by atoms with van der Waals surface area (Å²) in [5.74, 6) is -0.0272. The maximum absolute atomic E-state index is 13.3. The summed E-state index contributed by atoms with van der Waals surface area (Å²) in [7, 11) is 3.94. The molecule has 0 spiro atoms. The number of aromatic nitrogens is 2. The number of benzene rings is 3. The number of amides is 1. The third-order valence-electron chi connectivity index (χ3n) is 5.35. The van der Waals surface area contributed by atoms with Gasteiger partial charge in [0, 0.05) is 25.5 Å². The predicted molar refractivity (Wildman–Crippen MR) is 137 cm³/mol. The summed E-state index contributed by atoms with van der Waals surface area (Å²) >= 11 is 1.25. The van der Waals surface area contributed by atoms with E-state index >= 15 is 0 Å². The Labute approximate surface area is 197 Å². The van der Waals surface area contributed by atoms with Crippen LogP contribution in [0.5, 0.6) is 0 Å². The normalized spacial score (nSPS) is 10.9. The van der Waals surface area contributed by atoms with Gasteiger partial charge in [0.25, 0.3) is 5.56 Å². The summed E-state index contributed by atoms with van der Waals surface area (Å²) in [5.41, 5.74) is 4.18. The van der Waals surface area contributed by atoms with E-state index in [0.717, 1.165) is 23.5 Å². The lowest BCUT2D eigenvalue weighted by atomic mass is 10.1. The maximum atomic E-state index is 13.3. The molecule has 1 N–H and O–H groups in total. The zero-order chi connectivity index (χ0) is 23.4. The average molecular weight is 459 g/mol. The summed E-state index contributed by atoms with van der Waals surface area (Å²) in [4.78, 5) is 32.7. The van der Waals surface area contributed by atoms with E-state index < -0.39 is 0 Å². The number of thioether (sulfide) groups is 1. The van der Waals surface area contributed by atoms with Crippen molar-refractivity contribution < 1.29 is 4.79 Å². The summed E-state index contributed by atoms with van der Waals surface area (Å²) in [6.45, 7) is 2.09. The average Bonchev–Trinajstić information content (AvgIpc) is 2.83. The standard InChI is InChI=1S/C26H26N4O2S/c1-4-18-9-13-21(14-10-18)30-25(32)22-7-5-6-8-23(22)28-26(30)33-17-24(31)27-19-11-15-20(16-12-19)29(2)3/h5-16H,4,17H2,1-3H3,(H,27,31). The summed E-state index contributed by atoms with van der Waals surface area (Å²) < 4.78 is 1.59. The Kier molecular flexibility index (Phi) is 6.79. The molecule has 1 aromatic heterocycles. The Bertz CT molecular complexity index is 1330. The van der Waals surface area contributed by atoms with Gasteiger partial charge in [0.15, 0.2) is 5.16 Å².